The Morgan fingerprint density at radius 2 is 2.19 bits per heavy atom. The molecule has 0 spiro atoms. The summed E-state index contributed by atoms with van der Waals surface area (Å²) in [5.74, 6) is 0.953. The predicted molar refractivity (Wildman–Crippen MR) is 109 cm³/mol. The van der Waals surface area contributed by atoms with E-state index in [9.17, 15) is 4.39 Å². The van der Waals surface area contributed by atoms with Gasteiger partial charge in [-0.1, -0.05) is 55.3 Å². The Bertz CT molecular complexity index is 610. The van der Waals surface area contributed by atoms with Gasteiger partial charge in [0, 0.05) is 13.1 Å². The molecule has 2 unspecified atom stereocenters. The summed E-state index contributed by atoms with van der Waals surface area (Å²) >= 11 is 0. The fourth-order valence-corrected chi connectivity index (χ4v) is 4.81. The van der Waals surface area contributed by atoms with Crippen LogP contribution in [0.15, 0.2) is 36.4 Å². The second kappa shape index (κ2) is 8.69. The first-order chi connectivity index (χ1) is 12.5. The number of rotatable bonds is 5. The number of nitrogens with zero attached hydrogens (tertiary/aromatic N) is 1. The van der Waals surface area contributed by atoms with Crippen LogP contribution in [-0.4, -0.2) is 30.7 Å². The minimum Gasteiger partial charge on any atom is -0.300 e. The molecule has 1 nitrogen and oxygen atoms in total. The van der Waals surface area contributed by atoms with Crippen molar-refractivity contribution in [1.82, 2.24) is 4.90 Å². The lowest BCUT2D eigenvalue weighted by atomic mass is 9.82. The number of halogens is 1. The molecule has 2 aliphatic carbocycles. The van der Waals surface area contributed by atoms with Gasteiger partial charge in [-0.25, -0.2) is 4.39 Å². The van der Waals surface area contributed by atoms with E-state index in [4.69, 9.17) is 0 Å². The van der Waals surface area contributed by atoms with Crippen LogP contribution < -0.4 is 0 Å². The minimum atomic E-state index is -0.545. The Hall–Kier alpha value is -1.15. The zero-order valence-electron chi connectivity index (χ0n) is 16.8. The maximum absolute atomic E-state index is 12.6. The molecule has 0 aromatic heterocycles. The molecule has 1 saturated heterocycles. The fourth-order valence-electron chi connectivity index (χ4n) is 4.81. The highest BCUT2D eigenvalue weighted by Gasteiger charge is 2.54. The second-order valence-corrected chi connectivity index (χ2v) is 8.92. The molecule has 0 N–H and O–H groups in total. The van der Waals surface area contributed by atoms with Gasteiger partial charge in [-0.3, -0.25) is 0 Å². The molecule has 1 aliphatic heterocycles. The summed E-state index contributed by atoms with van der Waals surface area (Å²) in [5.41, 5.74) is 5.08. The van der Waals surface area contributed by atoms with Crippen molar-refractivity contribution in [1.29, 1.82) is 0 Å². The number of aryl methyl sites for hydroxylation is 1. The van der Waals surface area contributed by atoms with Gasteiger partial charge in [0.25, 0.3) is 0 Å². The third kappa shape index (κ3) is 5.19. The van der Waals surface area contributed by atoms with E-state index in [2.05, 4.69) is 49.6 Å². The van der Waals surface area contributed by atoms with Crippen LogP contribution in [0.5, 0.6) is 0 Å². The Balaban J connectivity index is 0.000000170. The van der Waals surface area contributed by atoms with Gasteiger partial charge in [0.2, 0.25) is 0 Å². The van der Waals surface area contributed by atoms with E-state index < -0.39 is 6.17 Å². The van der Waals surface area contributed by atoms with Crippen LogP contribution in [-0.2, 0) is 6.42 Å². The molecular formula is C24H36FN. The van der Waals surface area contributed by atoms with E-state index >= 15 is 0 Å². The van der Waals surface area contributed by atoms with Crippen molar-refractivity contribution >= 4 is 0 Å². The van der Waals surface area contributed by atoms with Gasteiger partial charge in [-0.05, 0) is 75.3 Å². The Kier molecular flexibility index (Phi) is 6.55. The molecule has 0 amide bonds. The van der Waals surface area contributed by atoms with E-state index in [0.717, 1.165) is 25.4 Å². The highest BCUT2D eigenvalue weighted by molar-refractivity contribution is 5.27. The first kappa shape index (κ1) is 19.6. The van der Waals surface area contributed by atoms with Crippen molar-refractivity contribution in [2.75, 3.05) is 19.6 Å². The summed E-state index contributed by atoms with van der Waals surface area (Å²) in [6.45, 7) is 11.3. The Morgan fingerprint density at radius 3 is 2.85 bits per heavy atom. The first-order valence-corrected chi connectivity index (χ1v) is 10.6. The van der Waals surface area contributed by atoms with E-state index in [0.29, 0.717) is 12.0 Å². The monoisotopic (exact) mass is 357 g/mol. The number of hydrogen-bond donors (Lipinski definition) is 0. The predicted octanol–water partition coefficient (Wildman–Crippen LogP) is 6.11. The molecule has 2 saturated carbocycles. The molecule has 2 heteroatoms. The van der Waals surface area contributed by atoms with Crippen molar-refractivity contribution in [3.05, 3.63) is 47.5 Å². The molecule has 0 bridgehead atoms. The van der Waals surface area contributed by atoms with Gasteiger partial charge in [0.15, 0.2) is 0 Å². The topological polar surface area (TPSA) is 3.24 Å². The van der Waals surface area contributed by atoms with E-state index in [1.807, 2.05) is 0 Å². The number of fused-ring (bicyclic) bond motifs is 1. The lowest BCUT2D eigenvalue weighted by Crippen LogP contribution is -2.21. The first-order valence-electron chi connectivity index (χ1n) is 10.6. The van der Waals surface area contributed by atoms with Gasteiger partial charge >= 0.3 is 0 Å². The maximum atomic E-state index is 12.6. The van der Waals surface area contributed by atoms with Crippen molar-refractivity contribution in [2.45, 2.75) is 71.4 Å². The Labute approximate surface area is 159 Å². The molecule has 26 heavy (non-hydrogen) atoms. The third-order valence-electron chi connectivity index (χ3n) is 6.55. The zero-order chi connectivity index (χ0) is 18.6. The highest BCUT2D eigenvalue weighted by atomic mass is 19.1. The van der Waals surface area contributed by atoms with E-state index in [1.54, 1.807) is 0 Å². The SMILES string of the molecule is C=C1CC[C@]2(Cc3cccc(C)c3)CC2C1.CCCCN1CCC(F)C1. The van der Waals surface area contributed by atoms with E-state index in [1.165, 1.54) is 61.6 Å². The van der Waals surface area contributed by atoms with Gasteiger partial charge in [0.05, 0.1) is 0 Å². The summed E-state index contributed by atoms with van der Waals surface area (Å²) in [5, 5.41) is 0. The molecule has 0 radical (unpaired) electrons. The maximum Gasteiger partial charge on any atom is 0.114 e. The lowest BCUT2D eigenvalue weighted by molar-refractivity contribution is 0.285. The van der Waals surface area contributed by atoms with Crippen LogP contribution in [0.3, 0.4) is 0 Å². The van der Waals surface area contributed by atoms with Gasteiger partial charge in [0.1, 0.15) is 6.17 Å². The summed E-state index contributed by atoms with van der Waals surface area (Å²) < 4.78 is 12.6. The molecule has 144 valence electrons. The number of likely N-dealkylation sites (tertiary alicyclic amines) is 1. The van der Waals surface area contributed by atoms with Crippen LogP contribution >= 0.6 is 0 Å². The lowest BCUT2D eigenvalue weighted by Gasteiger charge is -2.23. The normalized spacial score (nSPS) is 30.5. The number of benzene rings is 1. The average molecular weight is 358 g/mol. The molecule has 4 rings (SSSR count). The summed E-state index contributed by atoms with van der Waals surface area (Å²) in [6, 6.07) is 9.03. The van der Waals surface area contributed by atoms with Gasteiger partial charge < -0.3 is 4.90 Å². The van der Waals surface area contributed by atoms with Gasteiger partial charge in [-0.15, -0.1) is 0 Å². The van der Waals surface area contributed by atoms with Crippen molar-refractivity contribution in [3.63, 3.8) is 0 Å². The van der Waals surface area contributed by atoms with Crippen LogP contribution in [0.4, 0.5) is 4.39 Å². The molecule has 3 fully saturated rings. The quantitative estimate of drug-likeness (QED) is 0.574. The van der Waals surface area contributed by atoms with Crippen LogP contribution in [0.2, 0.25) is 0 Å². The molecular weight excluding hydrogens is 321 g/mol. The number of hydrogen-bond acceptors (Lipinski definition) is 1. The van der Waals surface area contributed by atoms with Crippen LogP contribution in [0.1, 0.15) is 63.0 Å². The second-order valence-electron chi connectivity index (χ2n) is 8.92. The number of allylic oxidation sites excluding steroid dienone is 1. The third-order valence-corrected chi connectivity index (χ3v) is 6.55. The van der Waals surface area contributed by atoms with Crippen LogP contribution in [0.25, 0.3) is 0 Å². The summed E-state index contributed by atoms with van der Waals surface area (Å²) in [6.07, 6.45) is 9.33. The fraction of sp³-hybridized carbons (Fsp3) is 0.667. The summed E-state index contributed by atoms with van der Waals surface area (Å²) in [7, 11) is 0. The summed E-state index contributed by atoms with van der Waals surface area (Å²) in [4.78, 5) is 2.22. The van der Waals surface area contributed by atoms with E-state index in [-0.39, 0.29) is 0 Å². The standard InChI is InChI=1S/C16H20.C8H16FN/c1-12-4-3-5-14(8-12)10-16-7-6-13(2)9-15(16)11-16;1-2-3-5-10-6-4-8(9)7-10/h3-5,8,15H,2,6-7,9-11H2,1H3;8H,2-7H2,1H3/t15?,16-;/m0./s1. The minimum absolute atomic E-state index is 0.545. The zero-order valence-corrected chi connectivity index (χ0v) is 16.8. The molecule has 1 aromatic carbocycles. The van der Waals surface area contributed by atoms with Crippen molar-refractivity contribution in [2.24, 2.45) is 11.3 Å². The van der Waals surface area contributed by atoms with Crippen LogP contribution in [0, 0.1) is 18.3 Å². The molecule has 3 atom stereocenters. The van der Waals surface area contributed by atoms with Gasteiger partial charge in [-0.2, -0.15) is 0 Å². The Morgan fingerprint density at radius 1 is 1.35 bits per heavy atom. The largest absolute Gasteiger partial charge is 0.300 e. The average Bonchev–Trinajstić information content (AvgIpc) is 3.14. The van der Waals surface area contributed by atoms with Crippen molar-refractivity contribution in [3.8, 4) is 0 Å². The molecule has 1 heterocycles. The van der Waals surface area contributed by atoms with Crippen molar-refractivity contribution < 1.29 is 4.39 Å². The molecule has 1 aromatic rings. The number of unbranched alkanes of at least 4 members (excludes halogenated alkanes) is 1. The molecule has 3 aliphatic rings. The number of alkyl halides is 1. The smallest absolute Gasteiger partial charge is 0.114 e. The highest BCUT2D eigenvalue weighted by Crippen LogP contribution is 2.63.